The van der Waals surface area contributed by atoms with E-state index in [1.165, 1.54) is 12.1 Å². The Morgan fingerprint density at radius 2 is 1.89 bits per heavy atom. The topological polar surface area (TPSA) is 25.4 Å². The molecule has 1 saturated heterocycles. The zero-order valence-corrected chi connectivity index (χ0v) is 10.6. The smallest absolute Gasteiger partial charge is 0.186 e. The third-order valence-corrected chi connectivity index (χ3v) is 4.01. The molecular formula is C13H13FN2OS. The first-order valence-electron chi connectivity index (χ1n) is 5.87. The summed E-state index contributed by atoms with van der Waals surface area (Å²) >= 11 is 1.64. The third-order valence-electron chi connectivity index (χ3n) is 2.90. The molecular weight excluding hydrogens is 251 g/mol. The lowest BCUT2D eigenvalue weighted by Crippen LogP contribution is -2.36. The number of morpholine rings is 1. The van der Waals surface area contributed by atoms with Gasteiger partial charge in [-0.15, -0.1) is 0 Å². The van der Waals surface area contributed by atoms with E-state index in [0.29, 0.717) is 0 Å². The zero-order valence-electron chi connectivity index (χ0n) is 9.80. The van der Waals surface area contributed by atoms with Crippen molar-refractivity contribution in [2.24, 2.45) is 0 Å². The highest BCUT2D eigenvalue weighted by atomic mass is 32.1. The fourth-order valence-corrected chi connectivity index (χ4v) is 2.89. The normalized spacial score (nSPS) is 15.9. The molecule has 1 fully saturated rings. The lowest BCUT2D eigenvalue weighted by molar-refractivity contribution is 0.122. The van der Waals surface area contributed by atoms with Gasteiger partial charge in [0, 0.05) is 19.3 Å². The SMILES string of the molecule is Fc1ccc(-c2cnc(N3CCOCC3)s2)cc1. The molecule has 3 nitrogen and oxygen atoms in total. The number of hydrogen-bond donors (Lipinski definition) is 0. The van der Waals surface area contributed by atoms with Crippen LogP contribution in [0.1, 0.15) is 0 Å². The van der Waals surface area contributed by atoms with Crippen molar-refractivity contribution in [2.75, 3.05) is 31.2 Å². The molecule has 0 spiro atoms. The summed E-state index contributed by atoms with van der Waals surface area (Å²) in [6, 6.07) is 6.52. The van der Waals surface area contributed by atoms with Crippen LogP contribution in [0, 0.1) is 5.82 Å². The molecule has 3 rings (SSSR count). The fraction of sp³-hybridized carbons (Fsp3) is 0.308. The molecule has 0 amide bonds. The first-order valence-corrected chi connectivity index (χ1v) is 6.69. The molecule has 1 aliphatic rings. The van der Waals surface area contributed by atoms with Gasteiger partial charge >= 0.3 is 0 Å². The van der Waals surface area contributed by atoms with Gasteiger partial charge in [0.1, 0.15) is 5.82 Å². The van der Waals surface area contributed by atoms with Crippen molar-refractivity contribution in [1.82, 2.24) is 4.98 Å². The van der Waals surface area contributed by atoms with Crippen LogP contribution in [0.4, 0.5) is 9.52 Å². The van der Waals surface area contributed by atoms with Crippen LogP contribution >= 0.6 is 11.3 Å². The largest absolute Gasteiger partial charge is 0.378 e. The minimum atomic E-state index is -0.211. The fourth-order valence-electron chi connectivity index (χ4n) is 1.91. The molecule has 2 aromatic rings. The third kappa shape index (κ3) is 2.37. The number of benzene rings is 1. The Balaban J connectivity index is 1.82. The molecule has 0 N–H and O–H groups in total. The first-order chi connectivity index (χ1) is 8.83. The summed E-state index contributed by atoms with van der Waals surface area (Å²) in [4.78, 5) is 7.72. The molecule has 1 aromatic heterocycles. The zero-order chi connectivity index (χ0) is 12.4. The van der Waals surface area contributed by atoms with Gasteiger partial charge in [0.2, 0.25) is 0 Å². The number of thiazole rings is 1. The quantitative estimate of drug-likeness (QED) is 0.834. The maximum atomic E-state index is 12.9. The molecule has 1 aliphatic heterocycles. The van der Waals surface area contributed by atoms with Crippen LogP contribution in [0.3, 0.4) is 0 Å². The van der Waals surface area contributed by atoms with Gasteiger partial charge in [-0.2, -0.15) is 0 Å². The van der Waals surface area contributed by atoms with E-state index in [1.54, 1.807) is 23.5 Å². The lowest BCUT2D eigenvalue weighted by atomic mass is 10.2. The van der Waals surface area contributed by atoms with Gasteiger partial charge in [0.15, 0.2) is 5.13 Å². The van der Waals surface area contributed by atoms with Gasteiger partial charge in [0.05, 0.1) is 18.1 Å². The van der Waals surface area contributed by atoms with Gasteiger partial charge in [0.25, 0.3) is 0 Å². The van der Waals surface area contributed by atoms with Crippen LogP contribution in [0.25, 0.3) is 10.4 Å². The van der Waals surface area contributed by atoms with Crippen molar-refractivity contribution in [3.05, 3.63) is 36.3 Å². The monoisotopic (exact) mass is 264 g/mol. The predicted molar refractivity (Wildman–Crippen MR) is 70.5 cm³/mol. The van der Waals surface area contributed by atoms with E-state index in [-0.39, 0.29) is 5.82 Å². The Morgan fingerprint density at radius 1 is 1.17 bits per heavy atom. The van der Waals surface area contributed by atoms with Crippen molar-refractivity contribution >= 4 is 16.5 Å². The molecule has 18 heavy (non-hydrogen) atoms. The molecule has 0 unspecified atom stereocenters. The molecule has 0 aliphatic carbocycles. The van der Waals surface area contributed by atoms with Crippen LogP contribution in [0.2, 0.25) is 0 Å². The second-order valence-electron chi connectivity index (χ2n) is 4.11. The summed E-state index contributed by atoms with van der Waals surface area (Å²) < 4.78 is 18.2. The standard InChI is InChI=1S/C13H13FN2OS/c14-11-3-1-10(2-4-11)12-9-15-13(18-12)16-5-7-17-8-6-16/h1-4,9H,5-8H2. The minimum Gasteiger partial charge on any atom is -0.378 e. The maximum absolute atomic E-state index is 12.9. The van der Waals surface area contributed by atoms with Crippen molar-refractivity contribution in [1.29, 1.82) is 0 Å². The molecule has 5 heteroatoms. The van der Waals surface area contributed by atoms with E-state index in [4.69, 9.17) is 4.74 Å². The van der Waals surface area contributed by atoms with Crippen molar-refractivity contribution in [2.45, 2.75) is 0 Å². The minimum absolute atomic E-state index is 0.211. The van der Waals surface area contributed by atoms with E-state index in [9.17, 15) is 4.39 Å². The maximum Gasteiger partial charge on any atom is 0.186 e. The number of hydrogen-bond acceptors (Lipinski definition) is 4. The van der Waals surface area contributed by atoms with E-state index in [0.717, 1.165) is 41.9 Å². The van der Waals surface area contributed by atoms with Crippen molar-refractivity contribution in [3.63, 3.8) is 0 Å². The second-order valence-corrected chi connectivity index (χ2v) is 5.12. The number of aromatic nitrogens is 1. The predicted octanol–water partition coefficient (Wildman–Crippen LogP) is 2.79. The molecule has 0 atom stereocenters. The number of nitrogens with zero attached hydrogens (tertiary/aromatic N) is 2. The Hall–Kier alpha value is -1.46. The van der Waals surface area contributed by atoms with Gasteiger partial charge in [-0.1, -0.05) is 23.5 Å². The Bertz CT molecular complexity index is 520. The van der Waals surface area contributed by atoms with E-state index in [2.05, 4.69) is 9.88 Å². The van der Waals surface area contributed by atoms with E-state index < -0.39 is 0 Å². The van der Waals surface area contributed by atoms with Crippen molar-refractivity contribution < 1.29 is 9.13 Å². The Morgan fingerprint density at radius 3 is 2.61 bits per heavy atom. The Kier molecular flexibility index (Phi) is 3.25. The average Bonchev–Trinajstić information content (AvgIpc) is 2.90. The highest BCUT2D eigenvalue weighted by Crippen LogP contribution is 2.31. The van der Waals surface area contributed by atoms with Crippen LogP contribution in [0.5, 0.6) is 0 Å². The summed E-state index contributed by atoms with van der Waals surface area (Å²) in [6.07, 6.45) is 1.85. The van der Waals surface area contributed by atoms with Gasteiger partial charge in [-0.25, -0.2) is 9.37 Å². The van der Waals surface area contributed by atoms with Gasteiger partial charge < -0.3 is 9.64 Å². The lowest BCUT2D eigenvalue weighted by Gasteiger charge is -2.25. The Labute approximate surface area is 109 Å². The first kappa shape index (κ1) is 11.6. The molecule has 0 saturated carbocycles. The van der Waals surface area contributed by atoms with Crippen LogP contribution in [-0.2, 0) is 4.74 Å². The average molecular weight is 264 g/mol. The van der Waals surface area contributed by atoms with Crippen molar-refractivity contribution in [3.8, 4) is 10.4 Å². The highest BCUT2D eigenvalue weighted by molar-refractivity contribution is 7.18. The molecule has 0 radical (unpaired) electrons. The van der Waals surface area contributed by atoms with E-state index in [1.807, 2.05) is 6.20 Å². The van der Waals surface area contributed by atoms with E-state index >= 15 is 0 Å². The molecule has 2 heterocycles. The van der Waals surface area contributed by atoms with Crippen LogP contribution < -0.4 is 4.90 Å². The summed E-state index contributed by atoms with van der Waals surface area (Å²) in [5, 5.41) is 1.01. The summed E-state index contributed by atoms with van der Waals surface area (Å²) in [5.41, 5.74) is 1.01. The summed E-state index contributed by atoms with van der Waals surface area (Å²) in [5.74, 6) is -0.211. The van der Waals surface area contributed by atoms with Gasteiger partial charge in [-0.3, -0.25) is 0 Å². The van der Waals surface area contributed by atoms with Gasteiger partial charge in [-0.05, 0) is 17.7 Å². The highest BCUT2D eigenvalue weighted by Gasteiger charge is 2.15. The molecule has 0 bridgehead atoms. The van der Waals surface area contributed by atoms with Crippen LogP contribution in [-0.4, -0.2) is 31.3 Å². The molecule has 1 aromatic carbocycles. The second kappa shape index (κ2) is 5.04. The summed E-state index contributed by atoms with van der Waals surface area (Å²) in [6.45, 7) is 3.28. The number of ether oxygens (including phenoxy) is 1. The number of anilines is 1. The summed E-state index contributed by atoms with van der Waals surface area (Å²) in [7, 11) is 0. The number of halogens is 1. The number of rotatable bonds is 2. The van der Waals surface area contributed by atoms with Crippen LogP contribution in [0.15, 0.2) is 30.5 Å². The molecule has 94 valence electrons.